The normalized spacial score (nSPS) is 36.0. The summed E-state index contributed by atoms with van der Waals surface area (Å²) < 4.78 is 0. The van der Waals surface area contributed by atoms with E-state index in [2.05, 4.69) is 10.2 Å². The first kappa shape index (κ1) is 19.0. The zero-order valence-corrected chi connectivity index (χ0v) is 14.3. The molecule has 3 fully saturated rings. The van der Waals surface area contributed by atoms with Crippen LogP contribution in [0.5, 0.6) is 0 Å². The van der Waals surface area contributed by atoms with E-state index < -0.39 is 0 Å². The third kappa shape index (κ3) is 4.47. The first-order chi connectivity index (χ1) is 9.24. The second-order valence-electron chi connectivity index (χ2n) is 6.63. The summed E-state index contributed by atoms with van der Waals surface area (Å²) in [7, 11) is 0. The molecule has 0 radical (unpaired) electrons. The van der Waals surface area contributed by atoms with Crippen LogP contribution < -0.4 is 11.1 Å². The Hall–Kier alpha value is -0.0300. The molecule has 6 heteroatoms. The fourth-order valence-electron chi connectivity index (χ4n) is 4.18. The van der Waals surface area contributed by atoms with Crippen molar-refractivity contribution in [2.75, 3.05) is 13.1 Å². The number of nitrogens with two attached hydrogens (primary N) is 1. The number of rotatable bonds is 2. The van der Waals surface area contributed by atoms with Crippen molar-refractivity contribution < 1.29 is 4.79 Å². The number of carbonyl (C=O) groups excluding carboxylic acids is 1. The predicted molar refractivity (Wildman–Crippen MR) is 90.2 cm³/mol. The van der Waals surface area contributed by atoms with Crippen LogP contribution in [-0.2, 0) is 4.79 Å². The third-order valence-corrected chi connectivity index (χ3v) is 5.27. The van der Waals surface area contributed by atoms with Crippen LogP contribution in [0.25, 0.3) is 0 Å². The Kier molecular flexibility index (Phi) is 7.75. The molecule has 4 atom stereocenters. The molecule has 0 aromatic heterocycles. The molecule has 1 saturated carbocycles. The molecule has 2 saturated heterocycles. The van der Waals surface area contributed by atoms with Crippen molar-refractivity contribution in [2.45, 2.75) is 69.5 Å². The molecule has 4 nitrogen and oxygen atoms in total. The Morgan fingerprint density at radius 1 is 1.00 bits per heavy atom. The van der Waals surface area contributed by atoms with Crippen LogP contribution in [0.3, 0.4) is 0 Å². The Morgan fingerprint density at radius 2 is 1.81 bits per heavy atom. The molecule has 124 valence electrons. The standard InChI is InChI=1S/C15H27N3O.2ClH/c16-12-5-3-4-11(10-12)15(19)17-13-7-9-18-8-2-1-6-14(13)18;;/h11-14H,1-10,16H2,(H,17,19);2*1H. The van der Waals surface area contributed by atoms with Crippen LogP contribution in [0.15, 0.2) is 0 Å². The van der Waals surface area contributed by atoms with Crippen molar-refractivity contribution in [1.82, 2.24) is 10.2 Å². The smallest absolute Gasteiger partial charge is 0.223 e. The molecule has 2 heterocycles. The molecule has 4 unspecified atom stereocenters. The maximum absolute atomic E-state index is 12.4. The highest BCUT2D eigenvalue weighted by molar-refractivity contribution is 5.85. The van der Waals surface area contributed by atoms with Crippen molar-refractivity contribution in [3.63, 3.8) is 0 Å². The molecule has 1 aliphatic carbocycles. The molecule has 0 bridgehead atoms. The van der Waals surface area contributed by atoms with Crippen LogP contribution in [0.1, 0.15) is 51.4 Å². The lowest BCUT2D eigenvalue weighted by Crippen LogP contribution is -2.49. The fraction of sp³-hybridized carbons (Fsp3) is 0.933. The van der Waals surface area contributed by atoms with Crippen molar-refractivity contribution in [2.24, 2.45) is 11.7 Å². The lowest BCUT2D eigenvalue weighted by atomic mass is 9.85. The van der Waals surface area contributed by atoms with Crippen LogP contribution in [0.2, 0.25) is 0 Å². The summed E-state index contributed by atoms with van der Waals surface area (Å²) >= 11 is 0. The molecule has 21 heavy (non-hydrogen) atoms. The highest BCUT2D eigenvalue weighted by Gasteiger charge is 2.37. The van der Waals surface area contributed by atoms with Gasteiger partial charge in [0.05, 0.1) is 0 Å². The lowest BCUT2D eigenvalue weighted by molar-refractivity contribution is -0.127. The van der Waals surface area contributed by atoms with E-state index in [0.29, 0.717) is 12.1 Å². The molecule has 3 N–H and O–H groups in total. The summed E-state index contributed by atoms with van der Waals surface area (Å²) in [6.45, 7) is 2.39. The van der Waals surface area contributed by atoms with Gasteiger partial charge in [-0.1, -0.05) is 12.8 Å². The Balaban J connectivity index is 0.00000110. The zero-order valence-electron chi connectivity index (χ0n) is 12.6. The molecule has 0 aromatic rings. The average molecular weight is 338 g/mol. The molecule has 3 rings (SSSR count). The van der Waals surface area contributed by atoms with E-state index >= 15 is 0 Å². The van der Waals surface area contributed by atoms with Crippen LogP contribution >= 0.6 is 24.8 Å². The predicted octanol–water partition coefficient (Wildman–Crippen LogP) is 2.09. The van der Waals surface area contributed by atoms with E-state index in [4.69, 9.17) is 5.73 Å². The van der Waals surface area contributed by atoms with Crippen molar-refractivity contribution >= 4 is 30.7 Å². The van der Waals surface area contributed by atoms with Gasteiger partial charge in [0.2, 0.25) is 5.91 Å². The second-order valence-corrected chi connectivity index (χ2v) is 6.63. The molecule has 2 aliphatic heterocycles. The summed E-state index contributed by atoms with van der Waals surface area (Å²) in [5, 5.41) is 3.33. The van der Waals surface area contributed by atoms with Gasteiger partial charge in [-0.05, 0) is 45.1 Å². The largest absolute Gasteiger partial charge is 0.352 e. The number of nitrogens with zero attached hydrogens (tertiary/aromatic N) is 1. The number of amides is 1. The average Bonchev–Trinajstić information content (AvgIpc) is 2.82. The number of hydrogen-bond donors (Lipinski definition) is 2. The molecule has 3 aliphatic rings. The van der Waals surface area contributed by atoms with E-state index in [1.807, 2.05) is 0 Å². The van der Waals surface area contributed by atoms with Gasteiger partial charge in [0.1, 0.15) is 0 Å². The molecular formula is C15H29Cl2N3O. The van der Waals surface area contributed by atoms with Gasteiger partial charge in [-0.15, -0.1) is 24.8 Å². The summed E-state index contributed by atoms with van der Waals surface area (Å²) in [6, 6.07) is 1.24. The first-order valence-corrected chi connectivity index (χ1v) is 8.04. The zero-order chi connectivity index (χ0) is 13.2. The Labute approximate surface area is 140 Å². The van der Waals surface area contributed by atoms with Gasteiger partial charge in [-0.2, -0.15) is 0 Å². The van der Waals surface area contributed by atoms with Crippen molar-refractivity contribution in [3.05, 3.63) is 0 Å². The van der Waals surface area contributed by atoms with Gasteiger partial charge >= 0.3 is 0 Å². The van der Waals surface area contributed by atoms with Crippen molar-refractivity contribution in [1.29, 1.82) is 0 Å². The minimum Gasteiger partial charge on any atom is -0.352 e. The topological polar surface area (TPSA) is 58.4 Å². The van der Waals surface area contributed by atoms with E-state index in [1.54, 1.807) is 0 Å². The maximum atomic E-state index is 12.4. The van der Waals surface area contributed by atoms with E-state index in [0.717, 1.165) is 32.1 Å². The molecular weight excluding hydrogens is 309 g/mol. The van der Waals surface area contributed by atoms with Gasteiger partial charge < -0.3 is 11.1 Å². The van der Waals surface area contributed by atoms with Gasteiger partial charge in [-0.25, -0.2) is 0 Å². The Bertz CT molecular complexity index is 343. The first-order valence-electron chi connectivity index (χ1n) is 8.04. The monoisotopic (exact) mass is 337 g/mol. The van der Waals surface area contributed by atoms with E-state index in [-0.39, 0.29) is 42.7 Å². The summed E-state index contributed by atoms with van der Waals surface area (Å²) in [5.41, 5.74) is 5.99. The maximum Gasteiger partial charge on any atom is 0.223 e. The third-order valence-electron chi connectivity index (χ3n) is 5.27. The number of halogens is 2. The SMILES string of the molecule is Cl.Cl.NC1CCCC(C(=O)NC2CCN3CCCCC23)C1. The minimum atomic E-state index is 0. The highest BCUT2D eigenvalue weighted by Crippen LogP contribution is 2.28. The molecule has 0 aromatic carbocycles. The second kappa shape index (κ2) is 8.56. The minimum absolute atomic E-state index is 0. The van der Waals surface area contributed by atoms with E-state index in [9.17, 15) is 4.79 Å². The number of nitrogens with one attached hydrogen (secondary N) is 1. The van der Waals surface area contributed by atoms with Gasteiger partial charge in [0.25, 0.3) is 0 Å². The van der Waals surface area contributed by atoms with E-state index in [1.165, 1.54) is 32.4 Å². The van der Waals surface area contributed by atoms with Crippen LogP contribution in [-0.4, -0.2) is 42.0 Å². The van der Waals surface area contributed by atoms with Gasteiger partial charge in [-0.3, -0.25) is 9.69 Å². The van der Waals surface area contributed by atoms with Crippen LogP contribution in [0, 0.1) is 5.92 Å². The highest BCUT2D eigenvalue weighted by atomic mass is 35.5. The number of piperidine rings is 1. The number of fused-ring (bicyclic) bond motifs is 1. The molecule has 1 amide bonds. The lowest BCUT2D eigenvalue weighted by Gasteiger charge is -2.33. The molecule has 0 spiro atoms. The quantitative estimate of drug-likeness (QED) is 0.811. The van der Waals surface area contributed by atoms with Crippen molar-refractivity contribution in [3.8, 4) is 0 Å². The fourth-order valence-corrected chi connectivity index (χ4v) is 4.18. The van der Waals surface area contributed by atoms with Gasteiger partial charge in [0, 0.05) is 30.6 Å². The van der Waals surface area contributed by atoms with Crippen LogP contribution in [0.4, 0.5) is 0 Å². The summed E-state index contributed by atoms with van der Waals surface area (Å²) in [4.78, 5) is 15.0. The van der Waals surface area contributed by atoms with Gasteiger partial charge in [0.15, 0.2) is 0 Å². The summed E-state index contributed by atoms with van der Waals surface area (Å²) in [5.74, 6) is 0.439. The summed E-state index contributed by atoms with van der Waals surface area (Å²) in [6.07, 6.45) is 9.15. The Morgan fingerprint density at radius 3 is 2.57 bits per heavy atom. The number of carbonyl (C=O) groups is 1. The number of hydrogen-bond acceptors (Lipinski definition) is 3.